The van der Waals surface area contributed by atoms with Gasteiger partial charge >= 0.3 is 0 Å². The minimum atomic E-state index is -1.08. The average Bonchev–Trinajstić information content (AvgIpc) is 3.04. The van der Waals surface area contributed by atoms with E-state index in [1.54, 1.807) is 35.2 Å². The van der Waals surface area contributed by atoms with E-state index in [-0.39, 0.29) is 18.9 Å². The quantitative estimate of drug-likeness (QED) is 0.567. The molecule has 1 unspecified atom stereocenters. The number of β-amino-alcohol motifs (C(OH)–C–C–N with tert-alkyl or cyclic N) is 1. The third kappa shape index (κ3) is 4.72. The van der Waals surface area contributed by atoms with E-state index in [0.717, 1.165) is 5.56 Å². The summed E-state index contributed by atoms with van der Waals surface area (Å²) < 4.78 is 0. The molecule has 2 aromatic rings. The van der Waals surface area contributed by atoms with Gasteiger partial charge in [-0.2, -0.15) is 0 Å². The zero-order chi connectivity index (χ0) is 19.6. The molecule has 0 aromatic heterocycles. The maximum Gasteiger partial charge on any atom is 0.237 e. The van der Waals surface area contributed by atoms with Gasteiger partial charge in [0.15, 0.2) is 0 Å². The number of aliphatic hydroxyl groups excluding tert-OH is 2. The minimum absolute atomic E-state index is 0.183. The molecule has 1 aliphatic rings. The number of amides is 1. The van der Waals surface area contributed by atoms with E-state index in [4.69, 9.17) is 28.9 Å². The van der Waals surface area contributed by atoms with Gasteiger partial charge < -0.3 is 21.3 Å². The molecule has 144 valence electrons. The van der Waals surface area contributed by atoms with Crippen molar-refractivity contribution < 1.29 is 15.0 Å². The summed E-state index contributed by atoms with van der Waals surface area (Å²) in [6.45, 7) is 0.517. The summed E-state index contributed by atoms with van der Waals surface area (Å²) in [5.41, 5.74) is 7.57. The van der Waals surface area contributed by atoms with Crippen LogP contribution in [0.15, 0.2) is 42.5 Å². The molecule has 0 aliphatic carbocycles. The first-order chi connectivity index (χ1) is 12.8. The fourth-order valence-electron chi connectivity index (χ4n) is 3.19. The van der Waals surface area contributed by atoms with Crippen molar-refractivity contribution in [1.82, 2.24) is 10.2 Å². The molecule has 0 saturated carbocycles. The third-order valence-electron chi connectivity index (χ3n) is 4.63. The highest BCUT2D eigenvalue weighted by molar-refractivity contribution is 6.33. The Morgan fingerprint density at radius 2 is 1.96 bits per heavy atom. The van der Waals surface area contributed by atoms with Gasteiger partial charge in [-0.25, -0.2) is 0 Å². The number of carbonyl (C=O) groups is 1. The van der Waals surface area contributed by atoms with Gasteiger partial charge in [0.25, 0.3) is 0 Å². The zero-order valence-corrected chi connectivity index (χ0v) is 16.0. The Kier molecular flexibility index (Phi) is 6.24. The van der Waals surface area contributed by atoms with Crippen LogP contribution in [0.5, 0.6) is 0 Å². The predicted molar refractivity (Wildman–Crippen MR) is 105 cm³/mol. The van der Waals surface area contributed by atoms with Crippen LogP contribution in [0.1, 0.15) is 23.8 Å². The highest BCUT2D eigenvalue weighted by Gasteiger charge is 2.39. The van der Waals surface area contributed by atoms with Crippen LogP contribution in [0.25, 0.3) is 0 Å². The lowest BCUT2D eigenvalue weighted by Crippen LogP contribution is -2.44. The van der Waals surface area contributed by atoms with Gasteiger partial charge in [0.05, 0.1) is 22.9 Å². The van der Waals surface area contributed by atoms with E-state index < -0.39 is 18.4 Å². The zero-order valence-electron chi connectivity index (χ0n) is 14.5. The fourth-order valence-corrected chi connectivity index (χ4v) is 3.43. The second kappa shape index (κ2) is 8.46. The minimum Gasteiger partial charge on any atom is -0.398 e. The monoisotopic (exact) mass is 409 g/mol. The molecule has 0 bridgehead atoms. The highest BCUT2D eigenvalue weighted by Crippen LogP contribution is 2.30. The van der Waals surface area contributed by atoms with Crippen LogP contribution in [0.2, 0.25) is 10.0 Å². The van der Waals surface area contributed by atoms with E-state index in [0.29, 0.717) is 27.8 Å². The van der Waals surface area contributed by atoms with Crippen molar-refractivity contribution in [3.63, 3.8) is 0 Å². The molecule has 1 fully saturated rings. The van der Waals surface area contributed by atoms with Crippen LogP contribution in [0, 0.1) is 0 Å². The largest absolute Gasteiger partial charge is 0.398 e. The summed E-state index contributed by atoms with van der Waals surface area (Å²) in [7, 11) is 0. The standard InChI is InChI=1S/C19H21Cl2N3O3/c20-13-4-1-11(2-5-13)9-23-18(26)17-8-14(25)10-24(17)19(27)12-3-6-15(21)16(22)7-12/h1-7,14,17,19,25,27H,8-10,22H2,(H,23,26)/t14-,17+,19?/m1/s1. The molecule has 1 amide bonds. The number of rotatable bonds is 5. The van der Waals surface area contributed by atoms with Gasteiger partial charge in [0.1, 0.15) is 6.23 Å². The normalized spacial score (nSPS) is 21.2. The topological polar surface area (TPSA) is 98.8 Å². The number of halogens is 2. The number of carbonyl (C=O) groups excluding carboxylic acids is 1. The molecule has 1 aliphatic heterocycles. The smallest absolute Gasteiger partial charge is 0.237 e. The molecule has 5 N–H and O–H groups in total. The Morgan fingerprint density at radius 1 is 1.26 bits per heavy atom. The summed E-state index contributed by atoms with van der Waals surface area (Å²) in [6.07, 6.45) is -1.53. The number of nitrogens with one attached hydrogen (secondary N) is 1. The molecule has 3 rings (SSSR count). The summed E-state index contributed by atoms with van der Waals surface area (Å²) in [4.78, 5) is 14.2. The molecule has 0 spiro atoms. The Morgan fingerprint density at radius 3 is 2.63 bits per heavy atom. The second-order valence-electron chi connectivity index (χ2n) is 6.60. The summed E-state index contributed by atoms with van der Waals surface area (Å²) >= 11 is 11.8. The molecular formula is C19H21Cl2N3O3. The molecule has 1 heterocycles. The maximum absolute atomic E-state index is 12.7. The van der Waals surface area contributed by atoms with Gasteiger partial charge in [-0.05, 0) is 41.8 Å². The first-order valence-corrected chi connectivity index (χ1v) is 9.29. The lowest BCUT2D eigenvalue weighted by molar-refractivity contribution is -0.129. The number of aliphatic hydroxyl groups is 2. The number of hydrogen-bond acceptors (Lipinski definition) is 5. The van der Waals surface area contributed by atoms with Crippen molar-refractivity contribution in [2.45, 2.75) is 31.3 Å². The number of benzene rings is 2. The van der Waals surface area contributed by atoms with Crippen LogP contribution in [-0.2, 0) is 11.3 Å². The number of hydrogen-bond donors (Lipinski definition) is 4. The second-order valence-corrected chi connectivity index (χ2v) is 7.44. The van der Waals surface area contributed by atoms with Gasteiger partial charge in [-0.15, -0.1) is 0 Å². The van der Waals surface area contributed by atoms with Crippen LogP contribution >= 0.6 is 23.2 Å². The molecule has 27 heavy (non-hydrogen) atoms. The number of nitrogen functional groups attached to an aromatic ring is 1. The van der Waals surface area contributed by atoms with Gasteiger partial charge in [-0.3, -0.25) is 9.69 Å². The Balaban J connectivity index is 1.69. The van der Waals surface area contributed by atoms with Crippen LogP contribution in [0.4, 0.5) is 5.69 Å². The number of likely N-dealkylation sites (tertiary alicyclic amines) is 1. The molecule has 2 aromatic carbocycles. The predicted octanol–water partition coefficient (Wildman–Crippen LogP) is 2.32. The molecule has 6 nitrogen and oxygen atoms in total. The summed E-state index contributed by atoms with van der Waals surface area (Å²) in [6, 6.07) is 11.3. The molecule has 0 radical (unpaired) electrons. The summed E-state index contributed by atoms with van der Waals surface area (Å²) in [5, 5.41) is 24.6. The third-order valence-corrected chi connectivity index (χ3v) is 5.23. The van der Waals surface area contributed by atoms with E-state index in [9.17, 15) is 15.0 Å². The van der Waals surface area contributed by atoms with E-state index in [1.165, 1.54) is 0 Å². The van der Waals surface area contributed by atoms with Crippen molar-refractivity contribution in [3.05, 3.63) is 63.6 Å². The van der Waals surface area contributed by atoms with Crippen molar-refractivity contribution in [2.75, 3.05) is 12.3 Å². The van der Waals surface area contributed by atoms with E-state index in [1.807, 2.05) is 12.1 Å². The molecule has 1 saturated heterocycles. The Bertz CT molecular complexity index is 816. The molecule has 3 atom stereocenters. The SMILES string of the molecule is Nc1cc(C(O)N2C[C@H](O)C[C@H]2C(=O)NCc2ccc(Cl)cc2)ccc1Cl. The Labute approximate surface area is 167 Å². The maximum atomic E-state index is 12.7. The van der Waals surface area contributed by atoms with E-state index in [2.05, 4.69) is 5.32 Å². The first-order valence-electron chi connectivity index (χ1n) is 8.54. The molecule has 8 heteroatoms. The first kappa shape index (κ1) is 19.9. The van der Waals surface area contributed by atoms with Crippen LogP contribution < -0.4 is 11.1 Å². The van der Waals surface area contributed by atoms with Crippen molar-refractivity contribution >= 4 is 34.8 Å². The van der Waals surface area contributed by atoms with Gasteiger partial charge in [0, 0.05) is 18.1 Å². The van der Waals surface area contributed by atoms with Gasteiger partial charge in [0.2, 0.25) is 5.91 Å². The van der Waals surface area contributed by atoms with Crippen LogP contribution in [0.3, 0.4) is 0 Å². The molecular weight excluding hydrogens is 389 g/mol. The fraction of sp³-hybridized carbons (Fsp3) is 0.316. The lowest BCUT2D eigenvalue weighted by atomic mass is 10.1. The number of nitrogens with zero attached hydrogens (tertiary/aromatic N) is 1. The summed E-state index contributed by atoms with van der Waals surface area (Å²) in [5.74, 6) is -0.262. The lowest BCUT2D eigenvalue weighted by Gasteiger charge is -2.29. The Hall–Kier alpha value is -1.83. The van der Waals surface area contributed by atoms with Crippen molar-refractivity contribution in [1.29, 1.82) is 0 Å². The van der Waals surface area contributed by atoms with Crippen molar-refractivity contribution in [2.24, 2.45) is 0 Å². The van der Waals surface area contributed by atoms with Crippen LogP contribution in [-0.4, -0.2) is 39.7 Å². The number of anilines is 1. The van der Waals surface area contributed by atoms with Crippen molar-refractivity contribution in [3.8, 4) is 0 Å². The van der Waals surface area contributed by atoms with E-state index >= 15 is 0 Å². The highest BCUT2D eigenvalue weighted by atomic mass is 35.5. The average molecular weight is 410 g/mol. The number of nitrogens with two attached hydrogens (primary N) is 1. The van der Waals surface area contributed by atoms with Gasteiger partial charge in [-0.1, -0.05) is 41.4 Å².